The Morgan fingerprint density at radius 2 is 2.04 bits per heavy atom. The molecule has 0 bridgehead atoms. The maximum absolute atomic E-state index is 12.5. The second-order valence-corrected chi connectivity index (χ2v) is 6.22. The van der Waals surface area contributed by atoms with E-state index in [1.54, 1.807) is 6.20 Å². The van der Waals surface area contributed by atoms with Gasteiger partial charge in [0.25, 0.3) is 5.91 Å². The van der Waals surface area contributed by atoms with E-state index in [9.17, 15) is 4.79 Å². The van der Waals surface area contributed by atoms with Crippen molar-refractivity contribution in [2.24, 2.45) is 0 Å². The third kappa shape index (κ3) is 3.53. The van der Waals surface area contributed by atoms with Crippen LogP contribution in [-0.4, -0.2) is 15.7 Å². The van der Waals surface area contributed by atoms with Gasteiger partial charge in [0.1, 0.15) is 0 Å². The molecule has 0 spiro atoms. The first-order valence-corrected chi connectivity index (χ1v) is 8.45. The number of nitrogens with one attached hydrogen (secondary N) is 1. The van der Waals surface area contributed by atoms with Crippen LogP contribution in [0.2, 0.25) is 0 Å². The zero-order chi connectivity index (χ0) is 17.1. The molecule has 0 fully saturated rings. The molecule has 1 heterocycles. The third-order valence-corrected chi connectivity index (χ3v) is 4.36. The Bertz CT molecular complexity index is 925. The lowest BCUT2D eigenvalue weighted by molar-refractivity contribution is 0.102. The standard InChI is InChI=1S/C21H19N3O/c25-21(19-11-10-17-8-4-5-9-18(17)12-19)23-20-13-22-24(15-20)14-16-6-2-1-3-7-16/h1-4,6-8,10-13,15H,5,9,14H2,(H,23,25). The van der Waals surface area contributed by atoms with Gasteiger partial charge in [-0.15, -0.1) is 0 Å². The highest BCUT2D eigenvalue weighted by molar-refractivity contribution is 6.04. The quantitative estimate of drug-likeness (QED) is 0.782. The Kier molecular flexibility index (Phi) is 4.17. The lowest BCUT2D eigenvalue weighted by Gasteiger charge is -2.11. The highest BCUT2D eigenvalue weighted by Gasteiger charge is 2.11. The molecule has 0 unspecified atom stereocenters. The van der Waals surface area contributed by atoms with Crippen molar-refractivity contribution in [3.05, 3.63) is 89.3 Å². The minimum Gasteiger partial charge on any atom is -0.319 e. The first-order valence-electron chi connectivity index (χ1n) is 8.45. The van der Waals surface area contributed by atoms with Crippen molar-refractivity contribution < 1.29 is 4.79 Å². The maximum atomic E-state index is 12.5. The zero-order valence-electron chi connectivity index (χ0n) is 13.9. The smallest absolute Gasteiger partial charge is 0.255 e. The molecule has 1 amide bonds. The van der Waals surface area contributed by atoms with Gasteiger partial charge in [-0.2, -0.15) is 5.10 Å². The van der Waals surface area contributed by atoms with Crippen molar-refractivity contribution in [1.82, 2.24) is 9.78 Å². The summed E-state index contributed by atoms with van der Waals surface area (Å²) < 4.78 is 1.82. The monoisotopic (exact) mass is 329 g/mol. The summed E-state index contributed by atoms with van der Waals surface area (Å²) in [6, 6.07) is 16.0. The van der Waals surface area contributed by atoms with Crippen LogP contribution in [0.1, 0.15) is 33.5 Å². The van der Waals surface area contributed by atoms with E-state index in [2.05, 4.69) is 34.7 Å². The fourth-order valence-electron chi connectivity index (χ4n) is 3.06. The number of aryl methyl sites for hydroxylation is 1. The fraction of sp³-hybridized carbons (Fsp3) is 0.143. The molecule has 0 aliphatic heterocycles. The van der Waals surface area contributed by atoms with Gasteiger partial charge in [0, 0.05) is 11.8 Å². The Balaban J connectivity index is 1.45. The van der Waals surface area contributed by atoms with E-state index in [4.69, 9.17) is 0 Å². The zero-order valence-corrected chi connectivity index (χ0v) is 13.9. The summed E-state index contributed by atoms with van der Waals surface area (Å²) >= 11 is 0. The molecule has 124 valence electrons. The van der Waals surface area contributed by atoms with Crippen molar-refractivity contribution in [2.75, 3.05) is 5.32 Å². The number of aromatic nitrogens is 2. The molecule has 1 N–H and O–H groups in total. The predicted molar refractivity (Wildman–Crippen MR) is 99.5 cm³/mol. The molecule has 1 aliphatic carbocycles. The summed E-state index contributed by atoms with van der Waals surface area (Å²) in [7, 11) is 0. The SMILES string of the molecule is O=C(Nc1cnn(Cc2ccccc2)c1)c1ccc2c(c1)CCC=C2. The van der Waals surface area contributed by atoms with Gasteiger partial charge in [0.05, 0.1) is 18.4 Å². The molecule has 0 atom stereocenters. The number of carbonyl (C=O) groups is 1. The van der Waals surface area contributed by atoms with Crippen LogP contribution in [0.3, 0.4) is 0 Å². The van der Waals surface area contributed by atoms with Crippen molar-refractivity contribution in [2.45, 2.75) is 19.4 Å². The Morgan fingerprint density at radius 3 is 2.92 bits per heavy atom. The van der Waals surface area contributed by atoms with Crippen LogP contribution in [0, 0.1) is 0 Å². The summed E-state index contributed by atoms with van der Waals surface area (Å²) in [6.07, 6.45) is 9.84. The highest BCUT2D eigenvalue weighted by atomic mass is 16.1. The Labute approximate surface area is 146 Å². The van der Waals surface area contributed by atoms with Gasteiger partial charge >= 0.3 is 0 Å². The summed E-state index contributed by atoms with van der Waals surface area (Å²) in [5.41, 5.74) is 5.00. The van der Waals surface area contributed by atoms with Crippen LogP contribution < -0.4 is 5.32 Å². The highest BCUT2D eigenvalue weighted by Crippen LogP contribution is 2.21. The second kappa shape index (κ2) is 6.77. The number of benzene rings is 2. The van der Waals surface area contributed by atoms with Crippen molar-refractivity contribution in [3.8, 4) is 0 Å². The minimum atomic E-state index is -0.100. The van der Waals surface area contributed by atoms with E-state index in [1.807, 2.05) is 47.3 Å². The number of anilines is 1. The lowest BCUT2D eigenvalue weighted by Crippen LogP contribution is -2.12. The molecule has 2 aromatic carbocycles. The first kappa shape index (κ1) is 15.4. The van der Waals surface area contributed by atoms with Crippen molar-refractivity contribution in [1.29, 1.82) is 0 Å². The van der Waals surface area contributed by atoms with Crippen LogP contribution in [0.4, 0.5) is 5.69 Å². The number of fused-ring (bicyclic) bond motifs is 1. The lowest BCUT2D eigenvalue weighted by atomic mass is 9.95. The largest absolute Gasteiger partial charge is 0.319 e. The average molecular weight is 329 g/mol. The van der Waals surface area contributed by atoms with Crippen molar-refractivity contribution in [3.63, 3.8) is 0 Å². The molecule has 25 heavy (non-hydrogen) atoms. The number of hydrogen-bond acceptors (Lipinski definition) is 2. The molecule has 1 aromatic heterocycles. The third-order valence-electron chi connectivity index (χ3n) is 4.36. The van der Waals surface area contributed by atoms with Crippen LogP contribution in [0.5, 0.6) is 0 Å². The predicted octanol–water partition coefficient (Wildman–Crippen LogP) is 4.14. The summed E-state index contributed by atoms with van der Waals surface area (Å²) in [5.74, 6) is -0.100. The molecular weight excluding hydrogens is 310 g/mol. The van der Waals surface area contributed by atoms with E-state index in [-0.39, 0.29) is 5.91 Å². The van der Waals surface area contributed by atoms with Gasteiger partial charge in [0.15, 0.2) is 0 Å². The normalized spacial score (nSPS) is 12.6. The molecule has 0 saturated heterocycles. The maximum Gasteiger partial charge on any atom is 0.255 e. The van der Waals surface area contributed by atoms with Gasteiger partial charge in [-0.05, 0) is 41.7 Å². The fourth-order valence-corrected chi connectivity index (χ4v) is 3.06. The Morgan fingerprint density at radius 1 is 1.16 bits per heavy atom. The van der Waals surface area contributed by atoms with Gasteiger partial charge in [0.2, 0.25) is 0 Å². The molecule has 3 aromatic rings. The molecule has 4 rings (SSSR count). The van der Waals surface area contributed by atoms with Gasteiger partial charge in [-0.25, -0.2) is 0 Å². The van der Waals surface area contributed by atoms with Gasteiger partial charge < -0.3 is 5.32 Å². The topological polar surface area (TPSA) is 46.9 Å². The molecular formula is C21H19N3O. The van der Waals surface area contributed by atoms with E-state index < -0.39 is 0 Å². The number of rotatable bonds is 4. The van der Waals surface area contributed by atoms with Crippen molar-refractivity contribution >= 4 is 17.7 Å². The summed E-state index contributed by atoms with van der Waals surface area (Å²) in [4.78, 5) is 12.5. The summed E-state index contributed by atoms with van der Waals surface area (Å²) in [5, 5.41) is 7.25. The van der Waals surface area contributed by atoms with Crippen LogP contribution in [0.25, 0.3) is 6.08 Å². The van der Waals surface area contributed by atoms with Crippen LogP contribution in [-0.2, 0) is 13.0 Å². The molecule has 4 heteroatoms. The van der Waals surface area contributed by atoms with Gasteiger partial charge in [-0.3, -0.25) is 9.48 Å². The first-order chi connectivity index (χ1) is 12.3. The molecule has 1 aliphatic rings. The molecule has 4 nitrogen and oxygen atoms in total. The number of amides is 1. The summed E-state index contributed by atoms with van der Waals surface area (Å²) in [6.45, 7) is 0.682. The molecule has 0 saturated carbocycles. The van der Waals surface area contributed by atoms with Crippen LogP contribution in [0.15, 0.2) is 67.0 Å². The minimum absolute atomic E-state index is 0.100. The molecule has 0 radical (unpaired) electrons. The van der Waals surface area contributed by atoms with E-state index >= 15 is 0 Å². The number of hydrogen-bond donors (Lipinski definition) is 1. The average Bonchev–Trinajstić information content (AvgIpc) is 3.09. The van der Waals surface area contributed by atoms with E-state index in [0.717, 1.165) is 12.8 Å². The van der Waals surface area contributed by atoms with Gasteiger partial charge in [-0.1, -0.05) is 48.6 Å². The number of nitrogens with zero attached hydrogens (tertiary/aromatic N) is 2. The van der Waals surface area contributed by atoms with E-state index in [1.165, 1.54) is 16.7 Å². The number of carbonyl (C=O) groups excluding carboxylic acids is 1. The number of allylic oxidation sites excluding steroid dienone is 1. The van der Waals surface area contributed by atoms with Crippen LogP contribution >= 0.6 is 0 Å². The van der Waals surface area contributed by atoms with E-state index in [0.29, 0.717) is 17.8 Å². The Hall–Kier alpha value is -3.14. The second-order valence-electron chi connectivity index (χ2n) is 6.22.